The van der Waals surface area contributed by atoms with Crippen LogP contribution in [0.15, 0.2) is 0 Å². The second-order valence-electron chi connectivity index (χ2n) is 5.37. The molecule has 0 fully saturated rings. The summed E-state index contributed by atoms with van der Waals surface area (Å²) in [4.78, 5) is 11.6. The lowest BCUT2D eigenvalue weighted by Crippen LogP contribution is -2.43. The minimum atomic E-state index is -0.536. The normalized spacial score (nSPS) is 15.9. The molecule has 3 nitrogen and oxygen atoms in total. The molecule has 2 N–H and O–H groups in total. The van der Waals surface area contributed by atoms with Crippen molar-refractivity contribution >= 4 is 5.97 Å². The topological polar surface area (TPSA) is 52.3 Å². The molecule has 2 atom stereocenters. The molecule has 0 aromatic carbocycles. The van der Waals surface area contributed by atoms with Gasteiger partial charge in [-0.3, -0.25) is 4.79 Å². The first kappa shape index (κ1) is 14.4. The van der Waals surface area contributed by atoms with Crippen LogP contribution in [0, 0.1) is 11.3 Å². The van der Waals surface area contributed by atoms with Crippen LogP contribution in [0.3, 0.4) is 0 Å². The van der Waals surface area contributed by atoms with Crippen molar-refractivity contribution in [2.75, 3.05) is 6.61 Å². The molecule has 0 saturated heterocycles. The summed E-state index contributed by atoms with van der Waals surface area (Å²) in [6.07, 6.45) is 2.20. The van der Waals surface area contributed by atoms with E-state index in [1.54, 1.807) is 0 Å². The third-order valence-corrected chi connectivity index (χ3v) is 2.48. The Morgan fingerprint density at radius 2 is 1.93 bits per heavy atom. The number of nitrogens with two attached hydrogens (primary N) is 1. The fraction of sp³-hybridized carbons (Fsp3) is 0.917. The summed E-state index contributed by atoms with van der Waals surface area (Å²) in [5.41, 5.74) is 5.55. The summed E-state index contributed by atoms with van der Waals surface area (Å²) in [5, 5.41) is 0. The van der Waals surface area contributed by atoms with Gasteiger partial charge in [0, 0.05) is 0 Å². The smallest absolute Gasteiger partial charge is 0.323 e. The van der Waals surface area contributed by atoms with Crippen LogP contribution in [0.25, 0.3) is 0 Å². The highest BCUT2D eigenvalue weighted by Crippen LogP contribution is 2.18. The summed E-state index contributed by atoms with van der Waals surface area (Å²) in [7, 11) is 0. The van der Waals surface area contributed by atoms with Crippen molar-refractivity contribution in [2.24, 2.45) is 17.1 Å². The molecule has 90 valence electrons. The molecule has 0 spiro atoms. The van der Waals surface area contributed by atoms with Crippen LogP contribution in [0.5, 0.6) is 0 Å². The zero-order valence-corrected chi connectivity index (χ0v) is 10.7. The van der Waals surface area contributed by atoms with Crippen molar-refractivity contribution in [2.45, 2.75) is 53.5 Å². The molecule has 0 radical (unpaired) electrons. The Morgan fingerprint density at radius 3 is 2.33 bits per heavy atom. The van der Waals surface area contributed by atoms with Crippen molar-refractivity contribution < 1.29 is 9.53 Å². The van der Waals surface area contributed by atoms with Crippen LogP contribution >= 0.6 is 0 Å². The van der Waals surface area contributed by atoms with E-state index in [1.165, 1.54) is 0 Å². The minimum Gasteiger partial charge on any atom is -0.464 e. The zero-order valence-electron chi connectivity index (χ0n) is 10.7. The predicted octanol–water partition coefficient (Wildman–Crippen LogP) is 2.34. The van der Waals surface area contributed by atoms with E-state index >= 15 is 0 Å². The van der Waals surface area contributed by atoms with Crippen molar-refractivity contribution in [3.63, 3.8) is 0 Å². The molecule has 0 aromatic heterocycles. The van der Waals surface area contributed by atoms with Crippen molar-refractivity contribution in [1.82, 2.24) is 0 Å². The number of hydrogen-bond acceptors (Lipinski definition) is 3. The maximum Gasteiger partial charge on any atom is 0.323 e. The molecular weight excluding hydrogens is 190 g/mol. The Balaban J connectivity index is 3.94. The van der Waals surface area contributed by atoms with Gasteiger partial charge in [0.1, 0.15) is 6.04 Å². The first-order valence-electron chi connectivity index (χ1n) is 5.71. The van der Waals surface area contributed by atoms with Crippen LogP contribution in [0.1, 0.15) is 47.5 Å². The van der Waals surface area contributed by atoms with E-state index in [1.807, 2.05) is 20.8 Å². The average Bonchev–Trinajstić information content (AvgIpc) is 2.12. The lowest BCUT2D eigenvalue weighted by atomic mass is 9.87. The molecule has 0 heterocycles. The summed E-state index contributed by atoms with van der Waals surface area (Å²) < 4.78 is 5.18. The Kier molecular flexibility index (Phi) is 5.88. The Bertz CT molecular complexity index is 196. The van der Waals surface area contributed by atoms with Gasteiger partial charge in [0.2, 0.25) is 0 Å². The summed E-state index contributed by atoms with van der Waals surface area (Å²) in [6.45, 7) is 10.5. The van der Waals surface area contributed by atoms with E-state index in [0.717, 1.165) is 12.8 Å². The molecule has 0 aliphatic carbocycles. The molecule has 0 bridgehead atoms. The number of hydrogen-bond donors (Lipinski definition) is 1. The predicted molar refractivity (Wildman–Crippen MR) is 62.5 cm³/mol. The van der Waals surface area contributed by atoms with Gasteiger partial charge in [0.25, 0.3) is 0 Å². The Morgan fingerprint density at radius 1 is 1.40 bits per heavy atom. The summed E-state index contributed by atoms with van der Waals surface area (Å²) >= 11 is 0. The van der Waals surface area contributed by atoms with E-state index in [0.29, 0.717) is 12.5 Å². The number of esters is 1. The second-order valence-corrected chi connectivity index (χ2v) is 5.37. The Labute approximate surface area is 93.4 Å². The van der Waals surface area contributed by atoms with Gasteiger partial charge in [0.15, 0.2) is 0 Å². The molecular formula is C12H25NO2. The maximum atomic E-state index is 11.6. The standard InChI is InChI=1S/C12H25NO2/c1-6-7-9(2)8-15-11(14)10(13)12(3,4)5/h9-10H,6-8,13H2,1-5H3/t9?,10-/m0/s1. The van der Waals surface area contributed by atoms with E-state index in [-0.39, 0.29) is 11.4 Å². The zero-order chi connectivity index (χ0) is 12.1. The van der Waals surface area contributed by atoms with Gasteiger partial charge in [-0.25, -0.2) is 0 Å². The quantitative estimate of drug-likeness (QED) is 0.716. The monoisotopic (exact) mass is 215 g/mol. The SMILES string of the molecule is CCCC(C)COC(=O)[C@H](N)C(C)(C)C. The molecule has 0 aliphatic heterocycles. The summed E-state index contributed by atoms with van der Waals surface area (Å²) in [5.74, 6) is 0.136. The number of ether oxygens (including phenoxy) is 1. The van der Waals surface area contributed by atoms with Crippen LogP contribution in [-0.2, 0) is 9.53 Å². The Hall–Kier alpha value is -0.570. The van der Waals surface area contributed by atoms with Gasteiger partial charge in [-0.1, -0.05) is 41.0 Å². The lowest BCUT2D eigenvalue weighted by Gasteiger charge is -2.25. The first-order chi connectivity index (χ1) is 6.79. The largest absolute Gasteiger partial charge is 0.464 e. The molecule has 0 amide bonds. The highest BCUT2D eigenvalue weighted by molar-refractivity contribution is 5.76. The van der Waals surface area contributed by atoms with Gasteiger partial charge in [0.05, 0.1) is 6.61 Å². The van der Waals surface area contributed by atoms with Crippen LogP contribution in [-0.4, -0.2) is 18.6 Å². The van der Waals surface area contributed by atoms with E-state index in [9.17, 15) is 4.79 Å². The van der Waals surface area contributed by atoms with E-state index < -0.39 is 6.04 Å². The van der Waals surface area contributed by atoms with Crippen LogP contribution in [0.4, 0.5) is 0 Å². The average molecular weight is 215 g/mol. The number of rotatable bonds is 5. The molecule has 0 rings (SSSR count). The number of carbonyl (C=O) groups excluding carboxylic acids is 1. The highest BCUT2D eigenvalue weighted by atomic mass is 16.5. The van der Waals surface area contributed by atoms with Gasteiger partial charge >= 0.3 is 5.97 Å². The molecule has 0 aromatic rings. The number of carbonyl (C=O) groups is 1. The van der Waals surface area contributed by atoms with Crippen LogP contribution in [0.2, 0.25) is 0 Å². The summed E-state index contributed by atoms with van der Waals surface area (Å²) in [6, 6.07) is -0.536. The van der Waals surface area contributed by atoms with E-state index in [2.05, 4.69) is 13.8 Å². The first-order valence-corrected chi connectivity index (χ1v) is 5.71. The third kappa shape index (κ3) is 5.78. The molecule has 0 saturated carbocycles. The lowest BCUT2D eigenvalue weighted by molar-refractivity contribution is -0.149. The maximum absolute atomic E-state index is 11.6. The third-order valence-electron chi connectivity index (χ3n) is 2.48. The van der Waals surface area contributed by atoms with Crippen molar-refractivity contribution in [3.05, 3.63) is 0 Å². The molecule has 0 aliphatic rings. The van der Waals surface area contributed by atoms with Crippen LogP contribution < -0.4 is 5.73 Å². The van der Waals surface area contributed by atoms with Crippen molar-refractivity contribution in [3.8, 4) is 0 Å². The molecule has 15 heavy (non-hydrogen) atoms. The van der Waals surface area contributed by atoms with Gasteiger partial charge in [-0.05, 0) is 17.8 Å². The fourth-order valence-corrected chi connectivity index (χ4v) is 1.24. The molecule has 1 unspecified atom stereocenters. The van der Waals surface area contributed by atoms with Gasteiger partial charge < -0.3 is 10.5 Å². The fourth-order valence-electron chi connectivity index (χ4n) is 1.24. The second kappa shape index (κ2) is 6.11. The minimum absolute atomic E-state index is 0.231. The van der Waals surface area contributed by atoms with E-state index in [4.69, 9.17) is 10.5 Å². The van der Waals surface area contributed by atoms with Gasteiger partial charge in [-0.2, -0.15) is 0 Å². The van der Waals surface area contributed by atoms with Gasteiger partial charge in [-0.15, -0.1) is 0 Å². The highest BCUT2D eigenvalue weighted by Gasteiger charge is 2.28. The molecule has 3 heteroatoms. The van der Waals surface area contributed by atoms with Crippen molar-refractivity contribution in [1.29, 1.82) is 0 Å².